The second-order valence-corrected chi connectivity index (χ2v) is 9.14. The maximum Gasteiger partial charge on any atom is 0.251 e. The van der Waals surface area contributed by atoms with E-state index < -0.39 is 10.0 Å². The smallest absolute Gasteiger partial charge is 0.251 e. The molecule has 0 spiro atoms. The largest absolute Gasteiger partial charge is 0.352 e. The van der Waals surface area contributed by atoms with Crippen molar-refractivity contribution < 1.29 is 13.2 Å². The Morgan fingerprint density at radius 1 is 1.24 bits per heavy atom. The zero-order chi connectivity index (χ0) is 17.9. The number of benzene rings is 1. The monoisotopic (exact) mass is 378 g/mol. The quantitative estimate of drug-likeness (QED) is 0.840. The Morgan fingerprint density at radius 3 is 2.68 bits per heavy atom. The van der Waals surface area contributed by atoms with E-state index in [0.29, 0.717) is 25.2 Å². The first-order chi connectivity index (χ1) is 12.0. The fourth-order valence-corrected chi connectivity index (χ4v) is 5.19. The van der Waals surface area contributed by atoms with Crippen LogP contribution in [0, 0.1) is 6.92 Å². The lowest BCUT2D eigenvalue weighted by Gasteiger charge is -2.16. The standard InChI is InChI=1S/C18H22N2O3S2/c1-14-6-7-16(25(22,23)20-10-2-3-11-20)13-17(14)18(21)19-9-8-15-5-4-12-24-15/h4-7,12-13H,2-3,8-11H2,1H3,(H,19,21). The van der Waals surface area contributed by atoms with E-state index in [1.54, 1.807) is 23.5 Å². The normalized spacial score (nSPS) is 15.4. The molecule has 134 valence electrons. The molecule has 1 amide bonds. The molecule has 7 heteroatoms. The maximum atomic E-state index is 12.7. The fraction of sp³-hybridized carbons (Fsp3) is 0.389. The van der Waals surface area contributed by atoms with E-state index in [1.807, 2.05) is 24.4 Å². The van der Waals surface area contributed by atoms with Gasteiger partial charge in [-0.05, 0) is 55.3 Å². The molecule has 0 aliphatic carbocycles. The van der Waals surface area contributed by atoms with Crippen molar-refractivity contribution in [2.75, 3.05) is 19.6 Å². The predicted octanol–water partition coefficient (Wildman–Crippen LogP) is 2.81. The fourth-order valence-electron chi connectivity index (χ4n) is 2.93. The molecule has 1 N–H and O–H groups in total. The number of thiophene rings is 1. The van der Waals surface area contributed by atoms with E-state index in [2.05, 4.69) is 5.32 Å². The summed E-state index contributed by atoms with van der Waals surface area (Å²) in [5.74, 6) is -0.229. The van der Waals surface area contributed by atoms with Crippen LogP contribution in [-0.4, -0.2) is 38.3 Å². The van der Waals surface area contributed by atoms with Gasteiger partial charge < -0.3 is 5.32 Å². The molecule has 0 atom stereocenters. The number of nitrogens with one attached hydrogen (secondary N) is 1. The Morgan fingerprint density at radius 2 is 2.00 bits per heavy atom. The van der Waals surface area contributed by atoms with E-state index in [9.17, 15) is 13.2 Å². The Kier molecular flexibility index (Phi) is 5.56. The highest BCUT2D eigenvalue weighted by Crippen LogP contribution is 2.23. The van der Waals surface area contributed by atoms with Gasteiger partial charge in [0.1, 0.15) is 0 Å². The molecule has 0 saturated carbocycles. The first-order valence-electron chi connectivity index (χ1n) is 8.40. The van der Waals surface area contributed by atoms with Crippen LogP contribution in [0.2, 0.25) is 0 Å². The topological polar surface area (TPSA) is 66.5 Å². The van der Waals surface area contributed by atoms with Gasteiger partial charge in [-0.1, -0.05) is 12.1 Å². The molecular formula is C18H22N2O3S2. The highest BCUT2D eigenvalue weighted by Gasteiger charge is 2.28. The van der Waals surface area contributed by atoms with Gasteiger partial charge in [-0.15, -0.1) is 11.3 Å². The molecule has 0 unspecified atom stereocenters. The molecule has 1 saturated heterocycles. The molecule has 1 aliphatic heterocycles. The van der Waals surface area contributed by atoms with Crippen LogP contribution in [0.3, 0.4) is 0 Å². The lowest BCUT2D eigenvalue weighted by molar-refractivity contribution is 0.0953. The Labute approximate surface area is 152 Å². The summed E-state index contributed by atoms with van der Waals surface area (Å²) < 4.78 is 26.9. The van der Waals surface area contributed by atoms with Crippen molar-refractivity contribution >= 4 is 27.3 Å². The minimum atomic E-state index is -3.51. The Balaban J connectivity index is 1.73. The number of rotatable bonds is 6. The van der Waals surface area contributed by atoms with Crippen LogP contribution in [0.15, 0.2) is 40.6 Å². The summed E-state index contributed by atoms with van der Waals surface area (Å²) in [5, 5.41) is 4.89. The van der Waals surface area contributed by atoms with Crippen LogP contribution < -0.4 is 5.32 Å². The molecule has 0 bridgehead atoms. The van der Waals surface area contributed by atoms with Crippen LogP contribution in [-0.2, 0) is 16.4 Å². The van der Waals surface area contributed by atoms with Crippen molar-refractivity contribution in [2.45, 2.75) is 31.1 Å². The van der Waals surface area contributed by atoms with Gasteiger partial charge in [0, 0.05) is 30.1 Å². The molecule has 2 heterocycles. The number of hydrogen-bond donors (Lipinski definition) is 1. The van der Waals surface area contributed by atoms with Gasteiger partial charge in [-0.2, -0.15) is 4.31 Å². The first-order valence-corrected chi connectivity index (χ1v) is 10.7. The second-order valence-electron chi connectivity index (χ2n) is 6.17. The van der Waals surface area contributed by atoms with E-state index >= 15 is 0 Å². The van der Waals surface area contributed by atoms with E-state index in [0.717, 1.165) is 24.8 Å². The van der Waals surface area contributed by atoms with Crippen molar-refractivity contribution in [1.82, 2.24) is 9.62 Å². The molecule has 1 aliphatic rings. The van der Waals surface area contributed by atoms with Crippen molar-refractivity contribution in [3.8, 4) is 0 Å². The minimum Gasteiger partial charge on any atom is -0.352 e. The summed E-state index contributed by atoms with van der Waals surface area (Å²) in [6.45, 7) is 3.46. The molecule has 1 aromatic carbocycles. The van der Waals surface area contributed by atoms with Crippen LogP contribution in [0.4, 0.5) is 0 Å². The summed E-state index contributed by atoms with van der Waals surface area (Å²) in [4.78, 5) is 13.9. The van der Waals surface area contributed by atoms with Gasteiger partial charge in [0.15, 0.2) is 0 Å². The zero-order valence-corrected chi connectivity index (χ0v) is 15.8. The van der Waals surface area contributed by atoms with Gasteiger partial charge in [0.05, 0.1) is 4.90 Å². The number of nitrogens with zero attached hydrogens (tertiary/aromatic N) is 1. The number of carbonyl (C=O) groups excluding carboxylic acids is 1. The van der Waals surface area contributed by atoms with Gasteiger partial charge in [0.2, 0.25) is 10.0 Å². The summed E-state index contributed by atoms with van der Waals surface area (Å²) >= 11 is 1.66. The number of sulfonamides is 1. The zero-order valence-electron chi connectivity index (χ0n) is 14.2. The predicted molar refractivity (Wildman–Crippen MR) is 99.5 cm³/mol. The lowest BCUT2D eigenvalue weighted by atomic mass is 10.1. The average Bonchev–Trinajstić information content (AvgIpc) is 3.29. The molecule has 25 heavy (non-hydrogen) atoms. The summed E-state index contributed by atoms with van der Waals surface area (Å²) in [6, 6.07) is 8.82. The summed E-state index contributed by atoms with van der Waals surface area (Å²) in [6.07, 6.45) is 2.55. The second kappa shape index (κ2) is 7.68. The highest BCUT2D eigenvalue weighted by molar-refractivity contribution is 7.89. The third-order valence-electron chi connectivity index (χ3n) is 4.39. The van der Waals surface area contributed by atoms with Gasteiger partial charge >= 0.3 is 0 Å². The third kappa shape index (κ3) is 4.11. The van der Waals surface area contributed by atoms with Crippen molar-refractivity contribution in [2.24, 2.45) is 0 Å². The highest BCUT2D eigenvalue weighted by atomic mass is 32.2. The van der Waals surface area contributed by atoms with Crippen LogP contribution in [0.5, 0.6) is 0 Å². The van der Waals surface area contributed by atoms with Crippen LogP contribution in [0.1, 0.15) is 33.6 Å². The van der Waals surface area contributed by atoms with Crippen molar-refractivity contribution in [1.29, 1.82) is 0 Å². The number of aryl methyl sites for hydroxylation is 1. The Bertz CT molecular complexity index is 839. The van der Waals surface area contributed by atoms with Crippen LogP contribution in [0.25, 0.3) is 0 Å². The molecule has 3 rings (SSSR count). The molecule has 1 aromatic heterocycles. The van der Waals surface area contributed by atoms with E-state index in [4.69, 9.17) is 0 Å². The molecule has 0 radical (unpaired) electrons. The molecule has 2 aromatic rings. The van der Waals surface area contributed by atoms with Gasteiger partial charge in [-0.25, -0.2) is 8.42 Å². The van der Waals surface area contributed by atoms with E-state index in [1.165, 1.54) is 15.2 Å². The van der Waals surface area contributed by atoms with Crippen molar-refractivity contribution in [3.63, 3.8) is 0 Å². The van der Waals surface area contributed by atoms with Crippen molar-refractivity contribution in [3.05, 3.63) is 51.7 Å². The van der Waals surface area contributed by atoms with Gasteiger partial charge in [-0.3, -0.25) is 4.79 Å². The number of amides is 1. The molecule has 1 fully saturated rings. The van der Waals surface area contributed by atoms with Gasteiger partial charge in [0.25, 0.3) is 5.91 Å². The Hall–Kier alpha value is -1.70. The molecule has 5 nitrogen and oxygen atoms in total. The maximum absolute atomic E-state index is 12.7. The number of carbonyl (C=O) groups is 1. The van der Waals surface area contributed by atoms with Crippen LogP contribution >= 0.6 is 11.3 Å². The SMILES string of the molecule is Cc1ccc(S(=O)(=O)N2CCCC2)cc1C(=O)NCCc1cccs1. The number of hydrogen-bond acceptors (Lipinski definition) is 4. The third-order valence-corrected chi connectivity index (χ3v) is 7.22. The first kappa shape index (κ1) is 18.1. The summed E-state index contributed by atoms with van der Waals surface area (Å²) in [5.41, 5.74) is 1.19. The summed E-state index contributed by atoms with van der Waals surface area (Å²) in [7, 11) is -3.51. The average molecular weight is 379 g/mol. The lowest BCUT2D eigenvalue weighted by Crippen LogP contribution is -2.29. The molecular weight excluding hydrogens is 356 g/mol. The minimum absolute atomic E-state index is 0.198. The van der Waals surface area contributed by atoms with E-state index in [-0.39, 0.29) is 10.8 Å².